The molecule has 0 amide bonds. The molecule has 1 aliphatic heterocycles. The van der Waals surface area contributed by atoms with Crippen LogP contribution in [0.4, 0.5) is 11.4 Å². The molecule has 0 bridgehead atoms. The van der Waals surface area contributed by atoms with Gasteiger partial charge in [-0.15, -0.1) is 0 Å². The Morgan fingerprint density at radius 3 is 2.70 bits per heavy atom. The van der Waals surface area contributed by atoms with Gasteiger partial charge in [-0.05, 0) is 52.4 Å². The number of carbonyl (C=O) groups is 1. The second-order valence-corrected chi connectivity index (χ2v) is 11.0. The van der Waals surface area contributed by atoms with Crippen LogP contribution in [0.5, 0.6) is 0 Å². The van der Waals surface area contributed by atoms with Gasteiger partial charge in [0, 0.05) is 47.4 Å². The normalized spacial score (nSPS) is 18.4. The minimum Gasteiger partial charge on any atom is -0.461 e. The summed E-state index contributed by atoms with van der Waals surface area (Å²) in [5.41, 5.74) is 4.37. The van der Waals surface area contributed by atoms with Crippen molar-refractivity contribution in [2.24, 2.45) is 5.41 Å². The molecule has 6 rings (SSSR count). The van der Waals surface area contributed by atoms with Gasteiger partial charge in [-0.25, -0.2) is 0 Å². The molecule has 37 heavy (non-hydrogen) atoms. The van der Waals surface area contributed by atoms with Gasteiger partial charge in [0.05, 0.1) is 16.0 Å². The number of nitro benzene ring substituents is 1. The number of carbonyl (C=O) groups excluding carboxylic acids is 1. The van der Waals surface area contributed by atoms with E-state index in [0.29, 0.717) is 34.9 Å². The van der Waals surface area contributed by atoms with Gasteiger partial charge >= 0.3 is 0 Å². The number of halogens is 1. The number of allylic oxidation sites excluding steroid dienone is 1. The molecule has 0 saturated carbocycles. The minimum absolute atomic E-state index is 0.0552. The van der Waals surface area contributed by atoms with Crippen LogP contribution in [0.1, 0.15) is 38.0 Å². The van der Waals surface area contributed by atoms with Crippen molar-refractivity contribution in [3.63, 3.8) is 0 Å². The highest BCUT2D eigenvalue weighted by Gasteiger charge is 2.40. The maximum atomic E-state index is 13.6. The zero-order valence-corrected chi connectivity index (χ0v) is 21.3. The maximum Gasteiger partial charge on any atom is 0.270 e. The molecule has 0 spiro atoms. The predicted octanol–water partition coefficient (Wildman–Crippen LogP) is 7.84. The first-order valence-corrected chi connectivity index (χ1v) is 12.7. The van der Waals surface area contributed by atoms with Crippen LogP contribution in [0, 0.1) is 15.5 Å². The summed E-state index contributed by atoms with van der Waals surface area (Å²) in [6.45, 7) is 4.30. The van der Waals surface area contributed by atoms with Crippen molar-refractivity contribution >= 4 is 45.1 Å². The van der Waals surface area contributed by atoms with Crippen molar-refractivity contribution in [1.29, 1.82) is 0 Å². The fraction of sp³-hybridized carbons (Fsp3) is 0.233. The lowest BCUT2D eigenvalue weighted by atomic mass is 9.68. The van der Waals surface area contributed by atoms with Crippen LogP contribution in [0.15, 0.2) is 76.7 Å². The summed E-state index contributed by atoms with van der Waals surface area (Å²) in [7, 11) is 0. The Morgan fingerprint density at radius 1 is 1.08 bits per heavy atom. The Hall–Kier alpha value is -3.90. The summed E-state index contributed by atoms with van der Waals surface area (Å²) in [5, 5.41) is 17.5. The van der Waals surface area contributed by atoms with Crippen LogP contribution >= 0.6 is 11.6 Å². The molecule has 1 aromatic heterocycles. The summed E-state index contributed by atoms with van der Waals surface area (Å²) in [6, 6.07) is 20.1. The Bertz CT molecular complexity index is 1630. The Labute approximate surface area is 219 Å². The quantitative estimate of drug-likeness (QED) is 0.222. The average Bonchev–Trinajstić information content (AvgIpc) is 3.31. The van der Waals surface area contributed by atoms with Crippen molar-refractivity contribution in [3.05, 3.63) is 98.8 Å². The lowest BCUT2D eigenvalue weighted by molar-refractivity contribution is -0.384. The van der Waals surface area contributed by atoms with Gasteiger partial charge in [-0.2, -0.15) is 0 Å². The molecule has 0 saturated heterocycles. The number of nitrogens with zero attached hydrogens (tertiary/aromatic N) is 1. The number of nitrogens with one attached hydrogen (secondary N) is 1. The minimum atomic E-state index is -0.457. The molecule has 1 unspecified atom stereocenters. The van der Waals surface area contributed by atoms with Gasteiger partial charge in [0.2, 0.25) is 0 Å². The number of hydrogen-bond donors (Lipinski definition) is 1. The summed E-state index contributed by atoms with van der Waals surface area (Å²) in [6.07, 6.45) is 1.78. The number of fused-ring (bicyclic) bond motifs is 4. The van der Waals surface area contributed by atoms with Crippen molar-refractivity contribution in [2.45, 2.75) is 39.2 Å². The third kappa shape index (κ3) is 4.11. The second kappa shape index (κ2) is 8.60. The number of nitro groups is 1. The fourth-order valence-corrected chi connectivity index (χ4v) is 5.95. The van der Waals surface area contributed by atoms with Gasteiger partial charge in [-0.3, -0.25) is 14.9 Å². The zero-order chi connectivity index (χ0) is 25.9. The van der Waals surface area contributed by atoms with E-state index in [-0.39, 0.29) is 22.9 Å². The van der Waals surface area contributed by atoms with E-state index in [2.05, 4.69) is 43.4 Å². The molecule has 7 heteroatoms. The van der Waals surface area contributed by atoms with E-state index < -0.39 is 4.92 Å². The first kappa shape index (κ1) is 23.5. The first-order chi connectivity index (χ1) is 17.7. The van der Waals surface area contributed by atoms with Crippen LogP contribution in [-0.2, 0) is 11.2 Å². The first-order valence-electron chi connectivity index (χ1n) is 12.3. The Kier molecular flexibility index (Phi) is 5.46. The van der Waals surface area contributed by atoms with Crippen LogP contribution in [0.3, 0.4) is 0 Å². The molecule has 0 fully saturated rings. The number of anilines is 1. The van der Waals surface area contributed by atoms with Gasteiger partial charge in [0.15, 0.2) is 5.78 Å². The molecule has 1 atom stereocenters. The second-order valence-electron chi connectivity index (χ2n) is 10.6. The van der Waals surface area contributed by atoms with Crippen molar-refractivity contribution in [3.8, 4) is 11.3 Å². The lowest BCUT2D eigenvalue weighted by Crippen LogP contribution is -2.38. The Balaban J connectivity index is 1.41. The van der Waals surface area contributed by atoms with Crippen molar-refractivity contribution in [2.75, 3.05) is 5.32 Å². The number of ketones is 1. The molecule has 0 radical (unpaired) electrons. The summed E-state index contributed by atoms with van der Waals surface area (Å²) in [5.74, 6) is 1.29. The molecule has 4 aromatic rings. The molecule has 2 aliphatic rings. The fourth-order valence-electron chi connectivity index (χ4n) is 5.74. The lowest BCUT2D eigenvalue weighted by Gasteiger charge is -2.40. The molecule has 6 nitrogen and oxygen atoms in total. The monoisotopic (exact) mass is 512 g/mol. The van der Waals surface area contributed by atoms with Crippen LogP contribution in [0.2, 0.25) is 5.02 Å². The van der Waals surface area contributed by atoms with Crippen LogP contribution in [-0.4, -0.2) is 16.7 Å². The SMILES string of the molecule is CC1(C)CC(=O)C2=C(C1)c1c(ccc3ccccc13)NC2Cc1ccc(-c2cc([N+](=O)[O-])ccc2Cl)o1. The topological polar surface area (TPSA) is 85.4 Å². The number of furan rings is 1. The van der Waals surface area contributed by atoms with E-state index in [4.69, 9.17) is 16.0 Å². The van der Waals surface area contributed by atoms with Crippen LogP contribution < -0.4 is 5.32 Å². The third-order valence-electron chi connectivity index (χ3n) is 7.32. The molecular weight excluding hydrogens is 488 g/mol. The number of benzene rings is 3. The summed E-state index contributed by atoms with van der Waals surface area (Å²) >= 11 is 6.33. The molecule has 1 aliphatic carbocycles. The standard InChI is InChI=1S/C30H25ClN2O4/c1-30(2)15-22-28-20-6-4-3-5-17(20)7-11-24(28)32-25(29(22)26(34)16-30)14-19-9-12-27(37-19)21-13-18(33(35)36)8-10-23(21)31/h3-13,25,32H,14-16H2,1-2H3. The number of non-ortho nitro benzene ring substituents is 1. The number of rotatable bonds is 4. The third-order valence-corrected chi connectivity index (χ3v) is 7.65. The largest absolute Gasteiger partial charge is 0.461 e. The molecule has 1 N–H and O–H groups in total. The van der Waals surface area contributed by atoms with E-state index in [0.717, 1.165) is 39.6 Å². The van der Waals surface area contributed by atoms with Crippen LogP contribution in [0.25, 0.3) is 27.7 Å². The van der Waals surface area contributed by atoms with E-state index in [1.807, 2.05) is 18.2 Å². The van der Waals surface area contributed by atoms with Gasteiger partial charge in [-0.1, -0.05) is 55.8 Å². The highest BCUT2D eigenvalue weighted by Crippen LogP contribution is 2.49. The molecule has 3 aromatic carbocycles. The number of Topliss-reactive ketones (excluding diaryl/α,β-unsaturated/α-hetero) is 1. The summed E-state index contributed by atoms with van der Waals surface area (Å²) in [4.78, 5) is 24.3. The van der Waals surface area contributed by atoms with E-state index >= 15 is 0 Å². The molecule has 186 valence electrons. The molecule has 2 heterocycles. The zero-order valence-electron chi connectivity index (χ0n) is 20.5. The van der Waals surface area contributed by atoms with Crippen molar-refractivity contribution in [1.82, 2.24) is 0 Å². The van der Waals surface area contributed by atoms with Gasteiger partial charge < -0.3 is 9.73 Å². The summed E-state index contributed by atoms with van der Waals surface area (Å²) < 4.78 is 6.12. The van der Waals surface area contributed by atoms with Gasteiger partial charge in [0.1, 0.15) is 11.5 Å². The van der Waals surface area contributed by atoms with E-state index in [9.17, 15) is 14.9 Å². The van der Waals surface area contributed by atoms with E-state index in [1.54, 1.807) is 6.07 Å². The predicted molar refractivity (Wildman–Crippen MR) is 146 cm³/mol. The average molecular weight is 513 g/mol. The highest BCUT2D eigenvalue weighted by atomic mass is 35.5. The smallest absolute Gasteiger partial charge is 0.270 e. The number of hydrogen-bond acceptors (Lipinski definition) is 5. The van der Waals surface area contributed by atoms with Crippen molar-refractivity contribution < 1.29 is 14.1 Å². The van der Waals surface area contributed by atoms with Gasteiger partial charge in [0.25, 0.3) is 5.69 Å². The maximum absolute atomic E-state index is 13.6. The Morgan fingerprint density at radius 2 is 1.89 bits per heavy atom. The molecular formula is C30H25ClN2O4. The highest BCUT2D eigenvalue weighted by molar-refractivity contribution is 6.33. The van der Waals surface area contributed by atoms with E-state index in [1.165, 1.54) is 18.2 Å².